The topological polar surface area (TPSA) is 68.2 Å². The molecular formula is C18H36O5Si. The quantitative estimate of drug-likeness (QED) is 0.712. The van der Waals surface area contributed by atoms with Crippen LogP contribution in [0.1, 0.15) is 59.3 Å². The summed E-state index contributed by atoms with van der Waals surface area (Å²) < 4.78 is 19.0. The van der Waals surface area contributed by atoms with Crippen LogP contribution in [0.5, 0.6) is 0 Å². The number of ether oxygens (including phenoxy) is 2. The van der Waals surface area contributed by atoms with Crippen molar-refractivity contribution >= 4 is 8.32 Å². The maximum absolute atomic E-state index is 9.98. The fraction of sp³-hybridized carbons (Fsp3) is 1.00. The number of aliphatic hydroxyl groups is 2. The summed E-state index contributed by atoms with van der Waals surface area (Å²) in [6, 6.07) is 0. The second-order valence-electron chi connectivity index (χ2n) is 8.93. The first-order chi connectivity index (χ1) is 11.1. The van der Waals surface area contributed by atoms with Crippen LogP contribution in [0, 0.1) is 0 Å². The van der Waals surface area contributed by atoms with Gasteiger partial charge in [-0.1, -0.05) is 27.2 Å². The number of hydrogen-bond donors (Lipinski definition) is 2. The van der Waals surface area contributed by atoms with Gasteiger partial charge in [-0.25, -0.2) is 0 Å². The molecule has 2 aliphatic rings. The normalized spacial score (nSPS) is 27.4. The van der Waals surface area contributed by atoms with Gasteiger partial charge in [0.15, 0.2) is 14.1 Å². The zero-order valence-corrected chi connectivity index (χ0v) is 17.0. The minimum Gasteiger partial charge on any atom is -0.411 e. The lowest BCUT2D eigenvalue weighted by Crippen LogP contribution is -2.49. The van der Waals surface area contributed by atoms with Crippen molar-refractivity contribution < 1.29 is 24.1 Å². The van der Waals surface area contributed by atoms with Crippen LogP contribution in [0.25, 0.3) is 0 Å². The summed E-state index contributed by atoms with van der Waals surface area (Å²) in [7, 11) is -2.00. The van der Waals surface area contributed by atoms with Crippen LogP contribution >= 0.6 is 0 Å². The Balaban J connectivity index is 2.09. The second-order valence-corrected chi connectivity index (χ2v) is 13.7. The van der Waals surface area contributed by atoms with Gasteiger partial charge in [0.25, 0.3) is 0 Å². The number of aliphatic hydroxyl groups excluding tert-OH is 2. The van der Waals surface area contributed by atoms with Crippen LogP contribution in [0.4, 0.5) is 0 Å². The maximum Gasteiger partial charge on any atom is 0.192 e. The summed E-state index contributed by atoms with van der Waals surface area (Å²) >= 11 is 0. The molecule has 0 aromatic carbocycles. The average molecular weight is 361 g/mol. The van der Waals surface area contributed by atoms with E-state index >= 15 is 0 Å². The van der Waals surface area contributed by atoms with Crippen molar-refractivity contribution in [3.8, 4) is 0 Å². The van der Waals surface area contributed by atoms with E-state index in [2.05, 4.69) is 33.9 Å². The van der Waals surface area contributed by atoms with Gasteiger partial charge in [-0.3, -0.25) is 0 Å². The van der Waals surface area contributed by atoms with Gasteiger partial charge in [-0.05, 0) is 31.0 Å². The number of rotatable bonds is 6. The molecule has 2 rings (SSSR count). The third-order valence-electron chi connectivity index (χ3n) is 5.87. The van der Waals surface area contributed by atoms with E-state index in [1.807, 2.05) is 0 Å². The van der Waals surface area contributed by atoms with Crippen LogP contribution in [0.15, 0.2) is 0 Å². The highest BCUT2D eigenvalue weighted by atomic mass is 28.4. The van der Waals surface area contributed by atoms with Crippen LogP contribution in [-0.4, -0.2) is 55.8 Å². The fourth-order valence-electron chi connectivity index (χ4n) is 3.29. The van der Waals surface area contributed by atoms with Crippen LogP contribution in [-0.2, 0) is 13.9 Å². The predicted molar refractivity (Wildman–Crippen MR) is 96.4 cm³/mol. The first kappa shape index (κ1) is 20.3. The van der Waals surface area contributed by atoms with E-state index in [1.165, 1.54) is 6.42 Å². The average Bonchev–Trinajstić information content (AvgIpc) is 2.89. The Kier molecular flexibility index (Phi) is 6.54. The van der Waals surface area contributed by atoms with Gasteiger partial charge in [0.1, 0.15) is 6.10 Å². The zero-order valence-electron chi connectivity index (χ0n) is 16.0. The summed E-state index contributed by atoms with van der Waals surface area (Å²) in [6.07, 6.45) is 4.59. The third-order valence-corrected chi connectivity index (χ3v) is 10.4. The van der Waals surface area contributed by atoms with Crippen molar-refractivity contribution in [3.05, 3.63) is 0 Å². The lowest BCUT2D eigenvalue weighted by Gasteiger charge is -2.41. The van der Waals surface area contributed by atoms with E-state index in [4.69, 9.17) is 13.9 Å². The van der Waals surface area contributed by atoms with E-state index in [0.717, 1.165) is 25.7 Å². The van der Waals surface area contributed by atoms with Crippen molar-refractivity contribution in [3.63, 3.8) is 0 Å². The Morgan fingerprint density at radius 2 is 1.83 bits per heavy atom. The van der Waals surface area contributed by atoms with Crippen LogP contribution < -0.4 is 0 Å². The molecule has 0 aromatic rings. The summed E-state index contributed by atoms with van der Waals surface area (Å²) in [5.74, 6) is -0.442. The third kappa shape index (κ3) is 4.80. The molecule has 5 nitrogen and oxygen atoms in total. The number of hydrogen-bond acceptors (Lipinski definition) is 5. The van der Waals surface area contributed by atoms with E-state index in [9.17, 15) is 10.2 Å². The van der Waals surface area contributed by atoms with Crippen LogP contribution in [0.3, 0.4) is 0 Å². The molecular weight excluding hydrogens is 324 g/mol. The highest BCUT2D eigenvalue weighted by molar-refractivity contribution is 6.74. The molecule has 142 valence electrons. The fourth-order valence-corrected chi connectivity index (χ4v) is 4.65. The molecule has 2 N–H and O–H groups in total. The molecule has 1 saturated heterocycles. The summed E-state index contributed by atoms with van der Waals surface area (Å²) in [6.45, 7) is 11.3. The standard InChI is InChI=1S/C18H36O5Si/c1-17(2,3)24(4,5)23-15(11-14(20)12-19)16-13-21-18(22-16)9-7-6-8-10-18/h14-16,19-20H,6-13H2,1-5H3/t14-,15+,16-/m1/s1. The van der Waals surface area contributed by atoms with Crippen molar-refractivity contribution in [1.29, 1.82) is 0 Å². The van der Waals surface area contributed by atoms with E-state index in [-0.39, 0.29) is 23.9 Å². The zero-order chi connectivity index (χ0) is 18.0. The molecule has 1 spiro atoms. The Morgan fingerprint density at radius 1 is 1.21 bits per heavy atom. The molecule has 1 heterocycles. The van der Waals surface area contributed by atoms with Gasteiger partial charge in [0, 0.05) is 19.3 Å². The predicted octanol–water partition coefficient (Wildman–Crippen LogP) is 3.20. The molecule has 3 atom stereocenters. The van der Waals surface area contributed by atoms with Crippen molar-refractivity contribution in [1.82, 2.24) is 0 Å². The summed E-state index contributed by atoms with van der Waals surface area (Å²) in [4.78, 5) is 0. The largest absolute Gasteiger partial charge is 0.411 e. The highest BCUT2D eigenvalue weighted by Gasteiger charge is 2.48. The molecule has 0 radical (unpaired) electrons. The van der Waals surface area contributed by atoms with Gasteiger partial charge >= 0.3 is 0 Å². The lowest BCUT2D eigenvalue weighted by molar-refractivity contribution is -0.196. The Labute approximate surface area is 147 Å². The molecule has 0 bridgehead atoms. The summed E-state index contributed by atoms with van der Waals surface area (Å²) in [5.41, 5.74) is 0. The molecule has 2 fully saturated rings. The van der Waals surface area contributed by atoms with E-state index < -0.39 is 20.2 Å². The van der Waals surface area contributed by atoms with Gasteiger partial charge in [-0.2, -0.15) is 0 Å². The molecule has 6 heteroatoms. The molecule has 0 amide bonds. The van der Waals surface area contributed by atoms with Crippen molar-refractivity contribution in [2.45, 2.75) is 102 Å². The maximum atomic E-state index is 9.98. The minimum atomic E-state index is -2.00. The van der Waals surface area contributed by atoms with Crippen molar-refractivity contribution in [2.75, 3.05) is 13.2 Å². The van der Waals surface area contributed by atoms with Gasteiger partial charge in [-0.15, -0.1) is 0 Å². The van der Waals surface area contributed by atoms with Gasteiger partial charge in [0.05, 0.1) is 25.4 Å². The SMILES string of the molecule is CC(C)(C)[Si](C)(C)O[C@@H](C[C@@H](O)CO)[C@H]1COC2(CCCCC2)O1. The summed E-state index contributed by atoms with van der Waals surface area (Å²) in [5, 5.41) is 19.3. The molecule has 1 saturated carbocycles. The monoisotopic (exact) mass is 360 g/mol. The first-order valence-electron chi connectivity index (χ1n) is 9.37. The highest BCUT2D eigenvalue weighted by Crippen LogP contribution is 2.42. The van der Waals surface area contributed by atoms with Crippen LogP contribution in [0.2, 0.25) is 18.1 Å². The smallest absolute Gasteiger partial charge is 0.192 e. The van der Waals surface area contributed by atoms with Crippen molar-refractivity contribution in [2.24, 2.45) is 0 Å². The first-order valence-corrected chi connectivity index (χ1v) is 12.3. The van der Waals surface area contributed by atoms with Gasteiger partial charge < -0.3 is 24.1 Å². The van der Waals surface area contributed by atoms with E-state index in [0.29, 0.717) is 13.0 Å². The Morgan fingerprint density at radius 3 is 2.38 bits per heavy atom. The molecule has 0 aromatic heterocycles. The van der Waals surface area contributed by atoms with Gasteiger partial charge in [0.2, 0.25) is 0 Å². The second kappa shape index (κ2) is 7.72. The molecule has 24 heavy (non-hydrogen) atoms. The van der Waals surface area contributed by atoms with E-state index in [1.54, 1.807) is 0 Å². The lowest BCUT2D eigenvalue weighted by atomic mass is 9.94. The Hall–Kier alpha value is 0.0169. The molecule has 1 aliphatic heterocycles. The molecule has 0 unspecified atom stereocenters. The Bertz CT molecular complexity index is 401. The molecule has 1 aliphatic carbocycles. The minimum absolute atomic E-state index is 0.0808.